The summed E-state index contributed by atoms with van der Waals surface area (Å²) >= 11 is 7.40. The van der Waals surface area contributed by atoms with Crippen LogP contribution < -0.4 is 4.90 Å². The molecule has 1 saturated heterocycles. The zero-order chi connectivity index (χ0) is 10.4. The number of para-hydroxylation sites is 1. The van der Waals surface area contributed by atoms with Gasteiger partial charge in [0.15, 0.2) is 5.11 Å². The Kier molecular flexibility index (Phi) is 2.14. The van der Waals surface area contributed by atoms with Gasteiger partial charge in [-0.2, -0.15) is 0 Å². The molecule has 0 saturated carbocycles. The standard InChI is InChI=1S/C11H12N2S2/c1-12-6-8-7-15-10-5-3-2-4-9(10)13(8)11(12)14/h2-5,8H,6-7H2,1H3. The van der Waals surface area contributed by atoms with E-state index in [4.69, 9.17) is 12.2 Å². The van der Waals surface area contributed by atoms with Crippen molar-refractivity contribution >= 4 is 34.8 Å². The van der Waals surface area contributed by atoms with Gasteiger partial charge in [0.05, 0.1) is 11.7 Å². The van der Waals surface area contributed by atoms with Gasteiger partial charge in [-0.15, -0.1) is 11.8 Å². The molecular weight excluding hydrogens is 224 g/mol. The molecule has 2 aliphatic heterocycles. The quantitative estimate of drug-likeness (QED) is 0.637. The molecule has 15 heavy (non-hydrogen) atoms. The summed E-state index contributed by atoms with van der Waals surface area (Å²) in [5.41, 5.74) is 1.29. The first-order valence-electron chi connectivity index (χ1n) is 5.03. The maximum absolute atomic E-state index is 5.46. The summed E-state index contributed by atoms with van der Waals surface area (Å²) in [5, 5.41) is 0.966. The summed E-state index contributed by atoms with van der Waals surface area (Å²) in [6.07, 6.45) is 0. The number of hydrogen-bond acceptors (Lipinski definition) is 2. The molecule has 0 bridgehead atoms. The lowest BCUT2D eigenvalue weighted by molar-refractivity contribution is 0.533. The molecule has 2 nitrogen and oxygen atoms in total. The number of benzene rings is 1. The maximum Gasteiger partial charge on any atom is 0.176 e. The largest absolute Gasteiger partial charge is 0.350 e. The Balaban J connectivity index is 2.08. The fraction of sp³-hybridized carbons (Fsp3) is 0.364. The molecule has 1 fully saturated rings. The van der Waals surface area contributed by atoms with Crippen LogP contribution >= 0.6 is 24.0 Å². The van der Waals surface area contributed by atoms with E-state index in [0.29, 0.717) is 6.04 Å². The minimum absolute atomic E-state index is 0.558. The molecule has 1 atom stereocenters. The highest BCUT2D eigenvalue weighted by Crippen LogP contribution is 2.39. The Labute approximate surface area is 99.2 Å². The minimum Gasteiger partial charge on any atom is -0.350 e. The van der Waals surface area contributed by atoms with Gasteiger partial charge in [-0.1, -0.05) is 12.1 Å². The van der Waals surface area contributed by atoms with Crippen molar-refractivity contribution in [2.24, 2.45) is 0 Å². The van der Waals surface area contributed by atoms with Gasteiger partial charge in [-0.3, -0.25) is 0 Å². The lowest BCUT2D eigenvalue weighted by Gasteiger charge is -2.31. The van der Waals surface area contributed by atoms with Crippen LogP contribution in [0.15, 0.2) is 29.2 Å². The molecule has 0 amide bonds. The third kappa shape index (κ3) is 1.35. The second-order valence-electron chi connectivity index (χ2n) is 3.97. The van der Waals surface area contributed by atoms with Crippen molar-refractivity contribution in [3.05, 3.63) is 24.3 Å². The normalized spacial score (nSPS) is 24.1. The van der Waals surface area contributed by atoms with Crippen molar-refractivity contribution in [2.75, 3.05) is 24.2 Å². The summed E-state index contributed by atoms with van der Waals surface area (Å²) in [5.74, 6) is 1.14. The molecule has 1 aromatic rings. The van der Waals surface area contributed by atoms with E-state index in [2.05, 4.69) is 41.1 Å². The van der Waals surface area contributed by atoms with Gasteiger partial charge >= 0.3 is 0 Å². The first-order chi connectivity index (χ1) is 7.27. The molecular formula is C11H12N2S2. The zero-order valence-corrected chi connectivity index (χ0v) is 10.1. The van der Waals surface area contributed by atoms with Crippen molar-refractivity contribution in [1.82, 2.24) is 4.90 Å². The highest BCUT2D eigenvalue weighted by Gasteiger charge is 2.36. The Hall–Kier alpha value is -0.740. The first kappa shape index (κ1) is 9.48. The van der Waals surface area contributed by atoms with Crippen LogP contribution in [0.2, 0.25) is 0 Å². The molecule has 0 N–H and O–H groups in total. The van der Waals surface area contributed by atoms with Crippen molar-refractivity contribution in [3.63, 3.8) is 0 Å². The highest BCUT2D eigenvalue weighted by molar-refractivity contribution is 7.99. The van der Waals surface area contributed by atoms with E-state index in [1.165, 1.54) is 10.6 Å². The average Bonchev–Trinajstić information content (AvgIpc) is 2.55. The summed E-state index contributed by atoms with van der Waals surface area (Å²) in [7, 11) is 2.08. The van der Waals surface area contributed by atoms with E-state index in [1.807, 2.05) is 11.8 Å². The zero-order valence-electron chi connectivity index (χ0n) is 8.51. The van der Waals surface area contributed by atoms with Gasteiger partial charge in [-0.05, 0) is 24.4 Å². The van der Waals surface area contributed by atoms with E-state index < -0.39 is 0 Å². The summed E-state index contributed by atoms with van der Waals surface area (Å²) in [6.45, 7) is 1.06. The highest BCUT2D eigenvalue weighted by atomic mass is 32.2. The van der Waals surface area contributed by atoms with E-state index in [0.717, 1.165) is 17.4 Å². The van der Waals surface area contributed by atoms with E-state index in [9.17, 15) is 0 Å². The Bertz CT molecular complexity index is 419. The fourth-order valence-corrected chi connectivity index (χ4v) is 3.64. The molecule has 1 aromatic carbocycles. The smallest absolute Gasteiger partial charge is 0.176 e. The second-order valence-corrected chi connectivity index (χ2v) is 5.39. The third-order valence-corrected chi connectivity index (χ3v) is 4.65. The van der Waals surface area contributed by atoms with Gasteiger partial charge in [0.1, 0.15) is 0 Å². The Morgan fingerprint density at radius 3 is 3.07 bits per heavy atom. The maximum atomic E-state index is 5.46. The first-order valence-corrected chi connectivity index (χ1v) is 6.43. The molecule has 0 aromatic heterocycles. The lowest BCUT2D eigenvalue weighted by Crippen LogP contribution is -2.38. The fourth-order valence-electron chi connectivity index (χ4n) is 2.21. The number of hydrogen-bond donors (Lipinski definition) is 0. The molecule has 2 aliphatic rings. The number of likely N-dealkylation sites (N-methyl/N-ethyl adjacent to an activating group) is 1. The van der Waals surface area contributed by atoms with E-state index >= 15 is 0 Å². The summed E-state index contributed by atoms with van der Waals surface area (Å²) < 4.78 is 0. The Morgan fingerprint density at radius 1 is 1.40 bits per heavy atom. The van der Waals surface area contributed by atoms with E-state index in [-0.39, 0.29) is 0 Å². The van der Waals surface area contributed by atoms with Gasteiger partial charge in [-0.25, -0.2) is 0 Å². The minimum atomic E-state index is 0.558. The number of anilines is 1. The number of rotatable bonds is 0. The van der Waals surface area contributed by atoms with Crippen LogP contribution in [0.3, 0.4) is 0 Å². The van der Waals surface area contributed by atoms with Crippen molar-refractivity contribution in [1.29, 1.82) is 0 Å². The Morgan fingerprint density at radius 2 is 2.20 bits per heavy atom. The SMILES string of the molecule is CN1CC2CSc3ccccc3N2C1=S. The molecule has 2 heterocycles. The monoisotopic (exact) mass is 236 g/mol. The van der Waals surface area contributed by atoms with Gasteiger partial charge in [0, 0.05) is 24.2 Å². The topological polar surface area (TPSA) is 6.48 Å². The van der Waals surface area contributed by atoms with Crippen LogP contribution in [-0.2, 0) is 0 Å². The summed E-state index contributed by atoms with van der Waals surface area (Å²) in [4.78, 5) is 5.83. The van der Waals surface area contributed by atoms with E-state index in [1.54, 1.807) is 0 Å². The summed E-state index contributed by atoms with van der Waals surface area (Å²) in [6, 6.07) is 9.08. The second kappa shape index (κ2) is 3.39. The van der Waals surface area contributed by atoms with Gasteiger partial charge in [0.25, 0.3) is 0 Å². The third-order valence-electron chi connectivity index (χ3n) is 2.94. The molecule has 0 aliphatic carbocycles. The van der Waals surface area contributed by atoms with Crippen LogP contribution in [0.4, 0.5) is 5.69 Å². The van der Waals surface area contributed by atoms with Gasteiger partial charge in [0.2, 0.25) is 0 Å². The molecule has 0 radical (unpaired) electrons. The molecule has 3 rings (SSSR count). The predicted molar refractivity (Wildman–Crippen MR) is 68.7 cm³/mol. The van der Waals surface area contributed by atoms with Crippen LogP contribution in [0.1, 0.15) is 0 Å². The number of thioether (sulfide) groups is 1. The van der Waals surface area contributed by atoms with Crippen LogP contribution in [0.5, 0.6) is 0 Å². The number of thiocarbonyl (C=S) groups is 1. The van der Waals surface area contributed by atoms with Crippen LogP contribution in [0, 0.1) is 0 Å². The number of fused-ring (bicyclic) bond motifs is 3. The van der Waals surface area contributed by atoms with Crippen molar-refractivity contribution < 1.29 is 0 Å². The van der Waals surface area contributed by atoms with Crippen LogP contribution in [-0.4, -0.2) is 35.4 Å². The van der Waals surface area contributed by atoms with Crippen molar-refractivity contribution in [2.45, 2.75) is 10.9 Å². The molecule has 78 valence electrons. The number of nitrogens with zero attached hydrogens (tertiary/aromatic N) is 2. The molecule has 1 unspecified atom stereocenters. The molecule has 4 heteroatoms. The average molecular weight is 236 g/mol. The molecule has 0 spiro atoms. The van der Waals surface area contributed by atoms with Crippen LogP contribution in [0.25, 0.3) is 0 Å². The predicted octanol–water partition coefficient (Wildman–Crippen LogP) is 2.20. The van der Waals surface area contributed by atoms with Crippen molar-refractivity contribution in [3.8, 4) is 0 Å². The lowest BCUT2D eigenvalue weighted by atomic mass is 10.2. The van der Waals surface area contributed by atoms with Gasteiger partial charge < -0.3 is 9.80 Å².